The van der Waals surface area contributed by atoms with E-state index >= 15 is 0 Å². The molecule has 3 N–H and O–H groups in total. The molecular formula is C15H26N2O4. The fourth-order valence-corrected chi connectivity index (χ4v) is 3.38. The number of carboxylic acids is 1. The quantitative estimate of drug-likeness (QED) is 0.692. The fourth-order valence-electron chi connectivity index (χ4n) is 3.38. The Bertz CT molecular complexity index is 375. The Kier molecular flexibility index (Phi) is 5.85. The molecule has 0 aromatic carbocycles. The number of aliphatic hydroxyl groups excluding tert-OH is 1. The maximum Gasteiger partial charge on any atom is 0.317 e. The van der Waals surface area contributed by atoms with Gasteiger partial charge in [-0.3, -0.25) is 4.79 Å². The van der Waals surface area contributed by atoms with Crippen molar-refractivity contribution in [2.45, 2.75) is 76.0 Å². The molecule has 1 aliphatic heterocycles. The largest absolute Gasteiger partial charge is 0.481 e. The first-order valence-electron chi connectivity index (χ1n) is 8.05. The lowest BCUT2D eigenvalue weighted by atomic mass is 9.99. The van der Waals surface area contributed by atoms with Gasteiger partial charge >= 0.3 is 12.0 Å². The van der Waals surface area contributed by atoms with E-state index in [2.05, 4.69) is 5.32 Å². The molecule has 21 heavy (non-hydrogen) atoms. The monoisotopic (exact) mass is 298 g/mol. The third kappa shape index (κ3) is 4.59. The smallest absolute Gasteiger partial charge is 0.317 e. The van der Waals surface area contributed by atoms with Crippen LogP contribution >= 0.6 is 0 Å². The minimum absolute atomic E-state index is 0.000635. The maximum absolute atomic E-state index is 12.4. The number of carboxylic acid groups (broad SMARTS) is 1. The Balaban J connectivity index is 1.94. The van der Waals surface area contributed by atoms with Gasteiger partial charge in [-0.05, 0) is 32.1 Å². The second-order valence-corrected chi connectivity index (χ2v) is 6.20. The number of nitrogens with one attached hydrogen (secondary N) is 1. The summed E-state index contributed by atoms with van der Waals surface area (Å²) in [5.41, 5.74) is 0. The standard InChI is InChI=1S/C15H26N2O4/c18-13-8-3-1-2-7-12(13)16-15(21)17-9-5-4-6-11(17)10-14(19)20/h11-13,18H,1-10H2,(H,16,21)(H,19,20). The van der Waals surface area contributed by atoms with Crippen LogP contribution in [-0.4, -0.2) is 51.8 Å². The van der Waals surface area contributed by atoms with Crippen molar-refractivity contribution in [2.24, 2.45) is 0 Å². The van der Waals surface area contributed by atoms with Crippen LogP contribution in [0.1, 0.15) is 57.8 Å². The molecule has 0 aromatic heterocycles. The average molecular weight is 298 g/mol. The molecule has 2 aliphatic rings. The van der Waals surface area contributed by atoms with Gasteiger partial charge in [-0.15, -0.1) is 0 Å². The normalized spacial score (nSPS) is 30.5. The third-order valence-electron chi connectivity index (χ3n) is 4.59. The van der Waals surface area contributed by atoms with Gasteiger partial charge in [-0.2, -0.15) is 0 Å². The maximum atomic E-state index is 12.4. The van der Waals surface area contributed by atoms with Crippen LogP contribution in [0, 0.1) is 0 Å². The Labute approximate surface area is 125 Å². The van der Waals surface area contributed by atoms with Gasteiger partial charge in [-0.1, -0.05) is 19.3 Å². The van der Waals surface area contributed by atoms with Gasteiger partial charge in [-0.25, -0.2) is 4.79 Å². The van der Waals surface area contributed by atoms with Crippen LogP contribution in [0.25, 0.3) is 0 Å². The van der Waals surface area contributed by atoms with E-state index < -0.39 is 12.1 Å². The highest BCUT2D eigenvalue weighted by atomic mass is 16.4. The molecule has 6 nitrogen and oxygen atoms in total. The summed E-state index contributed by atoms with van der Waals surface area (Å²) in [5, 5.41) is 22.0. The highest BCUT2D eigenvalue weighted by Crippen LogP contribution is 2.22. The molecule has 0 aromatic rings. The SMILES string of the molecule is O=C(O)CC1CCCCN1C(=O)NC1CCCCCC1O. The number of hydrogen-bond acceptors (Lipinski definition) is 3. The zero-order chi connectivity index (χ0) is 15.2. The van der Waals surface area contributed by atoms with E-state index in [9.17, 15) is 14.7 Å². The summed E-state index contributed by atoms with van der Waals surface area (Å²) >= 11 is 0. The Morgan fingerprint density at radius 3 is 2.52 bits per heavy atom. The number of urea groups is 1. The summed E-state index contributed by atoms with van der Waals surface area (Å²) in [6.45, 7) is 0.604. The van der Waals surface area contributed by atoms with Gasteiger partial charge in [0.1, 0.15) is 0 Å². The Morgan fingerprint density at radius 1 is 1.05 bits per heavy atom. The van der Waals surface area contributed by atoms with E-state index in [-0.39, 0.29) is 24.5 Å². The predicted octanol–water partition coefficient (Wildman–Crippen LogP) is 1.72. The van der Waals surface area contributed by atoms with Crippen molar-refractivity contribution in [3.8, 4) is 0 Å². The van der Waals surface area contributed by atoms with Crippen molar-refractivity contribution in [1.29, 1.82) is 0 Å². The molecule has 0 radical (unpaired) electrons. The molecular weight excluding hydrogens is 272 g/mol. The van der Waals surface area contributed by atoms with Crippen molar-refractivity contribution in [2.75, 3.05) is 6.54 Å². The predicted molar refractivity (Wildman–Crippen MR) is 78.0 cm³/mol. The van der Waals surface area contributed by atoms with Gasteiger partial charge in [0.05, 0.1) is 18.6 Å². The minimum Gasteiger partial charge on any atom is -0.481 e. The van der Waals surface area contributed by atoms with Crippen LogP contribution in [0.5, 0.6) is 0 Å². The molecule has 1 heterocycles. The number of aliphatic hydroxyl groups is 1. The van der Waals surface area contributed by atoms with Crippen molar-refractivity contribution >= 4 is 12.0 Å². The van der Waals surface area contributed by atoms with Crippen LogP contribution in [-0.2, 0) is 4.79 Å². The van der Waals surface area contributed by atoms with Crippen LogP contribution < -0.4 is 5.32 Å². The lowest BCUT2D eigenvalue weighted by molar-refractivity contribution is -0.138. The molecule has 0 bridgehead atoms. The van der Waals surface area contributed by atoms with Crippen molar-refractivity contribution in [1.82, 2.24) is 10.2 Å². The number of aliphatic carboxylic acids is 1. The molecule has 1 aliphatic carbocycles. The lowest BCUT2D eigenvalue weighted by Crippen LogP contribution is -2.53. The molecule has 2 rings (SSSR count). The molecule has 3 atom stereocenters. The Hall–Kier alpha value is -1.30. The van der Waals surface area contributed by atoms with E-state index in [0.29, 0.717) is 6.54 Å². The average Bonchev–Trinajstić information content (AvgIpc) is 2.64. The van der Waals surface area contributed by atoms with Crippen LogP contribution in [0.2, 0.25) is 0 Å². The minimum atomic E-state index is -0.866. The number of hydrogen-bond donors (Lipinski definition) is 3. The first-order valence-corrected chi connectivity index (χ1v) is 8.05. The molecule has 2 fully saturated rings. The van der Waals surface area contributed by atoms with E-state index in [1.54, 1.807) is 4.90 Å². The van der Waals surface area contributed by atoms with Crippen molar-refractivity contribution in [3.63, 3.8) is 0 Å². The van der Waals surface area contributed by atoms with Gasteiger partial charge in [0.15, 0.2) is 0 Å². The summed E-state index contributed by atoms with van der Waals surface area (Å²) in [4.78, 5) is 25.0. The first-order chi connectivity index (χ1) is 10.1. The molecule has 1 saturated carbocycles. The molecule has 1 saturated heterocycles. The lowest BCUT2D eigenvalue weighted by Gasteiger charge is -2.36. The molecule has 2 amide bonds. The van der Waals surface area contributed by atoms with E-state index in [4.69, 9.17) is 5.11 Å². The van der Waals surface area contributed by atoms with E-state index in [1.807, 2.05) is 0 Å². The highest BCUT2D eigenvalue weighted by Gasteiger charge is 2.31. The number of rotatable bonds is 3. The Morgan fingerprint density at radius 2 is 1.76 bits per heavy atom. The topological polar surface area (TPSA) is 89.9 Å². The van der Waals surface area contributed by atoms with Crippen LogP contribution in [0.4, 0.5) is 4.79 Å². The van der Waals surface area contributed by atoms with Crippen molar-refractivity contribution < 1.29 is 19.8 Å². The van der Waals surface area contributed by atoms with Crippen LogP contribution in [0.15, 0.2) is 0 Å². The summed E-state index contributed by atoms with van der Waals surface area (Å²) in [5.74, 6) is -0.866. The summed E-state index contributed by atoms with van der Waals surface area (Å²) < 4.78 is 0. The number of carbonyl (C=O) groups is 2. The third-order valence-corrected chi connectivity index (χ3v) is 4.59. The van der Waals surface area contributed by atoms with Gasteiger partial charge in [0.2, 0.25) is 0 Å². The second-order valence-electron chi connectivity index (χ2n) is 6.20. The summed E-state index contributed by atoms with van der Waals surface area (Å²) in [7, 11) is 0. The second kappa shape index (κ2) is 7.64. The summed E-state index contributed by atoms with van der Waals surface area (Å²) in [6.07, 6.45) is 6.76. The van der Waals surface area contributed by atoms with Gasteiger partial charge in [0, 0.05) is 12.6 Å². The molecule has 0 spiro atoms. The van der Waals surface area contributed by atoms with Crippen molar-refractivity contribution in [3.05, 3.63) is 0 Å². The zero-order valence-corrected chi connectivity index (χ0v) is 12.5. The number of carbonyl (C=O) groups excluding carboxylic acids is 1. The van der Waals surface area contributed by atoms with E-state index in [1.165, 1.54) is 0 Å². The number of likely N-dealkylation sites (tertiary alicyclic amines) is 1. The first kappa shape index (κ1) is 16.1. The van der Waals surface area contributed by atoms with Gasteiger partial charge < -0.3 is 20.4 Å². The zero-order valence-electron chi connectivity index (χ0n) is 12.5. The molecule has 120 valence electrons. The molecule has 6 heteroatoms. The number of amides is 2. The van der Waals surface area contributed by atoms with E-state index in [0.717, 1.165) is 51.4 Å². The summed E-state index contributed by atoms with van der Waals surface area (Å²) in [6, 6.07) is -0.640. The highest BCUT2D eigenvalue weighted by molar-refractivity contribution is 5.76. The molecule has 3 unspecified atom stereocenters. The fraction of sp³-hybridized carbons (Fsp3) is 0.867. The number of nitrogens with zero attached hydrogens (tertiary/aromatic N) is 1. The number of piperidine rings is 1. The van der Waals surface area contributed by atoms with Crippen LogP contribution in [0.3, 0.4) is 0 Å². The van der Waals surface area contributed by atoms with Gasteiger partial charge in [0.25, 0.3) is 0 Å².